The summed E-state index contributed by atoms with van der Waals surface area (Å²) >= 11 is 0. The molecule has 1 aromatic rings. The molecule has 1 heterocycles. The van der Waals surface area contributed by atoms with E-state index in [0.717, 1.165) is 18.7 Å². The van der Waals surface area contributed by atoms with E-state index in [9.17, 15) is 9.18 Å². The highest BCUT2D eigenvalue weighted by Gasteiger charge is 2.32. The van der Waals surface area contributed by atoms with Crippen molar-refractivity contribution in [1.82, 2.24) is 4.90 Å². The maximum absolute atomic E-state index is 13.9. The topological polar surface area (TPSA) is 48.0 Å². The summed E-state index contributed by atoms with van der Waals surface area (Å²) in [7, 11) is 4.55. The molecule has 0 amide bonds. The average molecular weight is 297 g/mol. The van der Waals surface area contributed by atoms with Gasteiger partial charge in [0.25, 0.3) is 0 Å². The lowest BCUT2D eigenvalue weighted by Crippen LogP contribution is -2.27. The summed E-state index contributed by atoms with van der Waals surface area (Å²) in [5.41, 5.74) is 0.749. The third-order valence-electron chi connectivity index (χ3n) is 3.74. The van der Waals surface area contributed by atoms with Crippen LogP contribution in [0.2, 0.25) is 0 Å². The fourth-order valence-electron chi connectivity index (χ4n) is 2.59. The molecule has 21 heavy (non-hydrogen) atoms. The van der Waals surface area contributed by atoms with Gasteiger partial charge in [-0.15, -0.1) is 0 Å². The van der Waals surface area contributed by atoms with E-state index in [1.807, 2.05) is 0 Å². The van der Waals surface area contributed by atoms with Crippen LogP contribution in [0.1, 0.15) is 15.9 Å². The molecule has 1 fully saturated rings. The first-order valence-corrected chi connectivity index (χ1v) is 6.73. The molecule has 1 saturated heterocycles. The first kappa shape index (κ1) is 15.9. The maximum Gasteiger partial charge on any atom is 0.340 e. The zero-order valence-corrected chi connectivity index (χ0v) is 12.5. The summed E-state index contributed by atoms with van der Waals surface area (Å²) in [5.74, 6) is -1.23. The highest BCUT2D eigenvalue weighted by atomic mass is 19.1. The van der Waals surface area contributed by atoms with Crippen LogP contribution >= 0.6 is 0 Å². The predicted molar refractivity (Wildman–Crippen MR) is 74.6 cm³/mol. The Labute approximate surface area is 123 Å². The van der Waals surface area contributed by atoms with Crippen molar-refractivity contribution in [2.45, 2.75) is 18.8 Å². The normalized spacial score (nSPS) is 22.5. The van der Waals surface area contributed by atoms with Crippen molar-refractivity contribution in [2.24, 2.45) is 0 Å². The summed E-state index contributed by atoms with van der Waals surface area (Å²) < 4.78 is 29.1. The molecule has 5 nitrogen and oxygen atoms in total. The van der Waals surface area contributed by atoms with E-state index in [1.54, 1.807) is 20.3 Å². The smallest absolute Gasteiger partial charge is 0.340 e. The number of hydrogen-bond acceptors (Lipinski definition) is 5. The number of hydrogen-bond donors (Lipinski definition) is 0. The van der Waals surface area contributed by atoms with Crippen LogP contribution in [-0.4, -0.2) is 57.5 Å². The van der Waals surface area contributed by atoms with Gasteiger partial charge in [-0.2, -0.15) is 0 Å². The van der Waals surface area contributed by atoms with Gasteiger partial charge in [-0.1, -0.05) is 6.07 Å². The van der Waals surface area contributed by atoms with E-state index in [0.29, 0.717) is 6.54 Å². The minimum absolute atomic E-state index is 0.0224. The standard InChI is InChI=1S/C15H20FNO4/c1-19-13-8-17(9-14(13)20-2)7-10-4-5-11(12(16)6-10)15(18)21-3/h4-6,13-14H,7-9H2,1-3H3. The van der Waals surface area contributed by atoms with Gasteiger partial charge in [0, 0.05) is 33.9 Å². The van der Waals surface area contributed by atoms with E-state index >= 15 is 0 Å². The van der Waals surface area contributed by atoms with Gasteiger partial charge in [0.15, 0.2) is 0 Å². The molecule has 2 rings (SSSR count). The molecule has 0 aliphatic carbocycles. The van der Waals surface area contributed by atoms with Crippen LogP contribution in [0.15, 0.2) is 18.2 Å². The molecule has 0 saturated carbocycles. The Morgan fingerprint density at radius 2 is 1.86 bits per heavy atom. The molecule has 0 bridgehead atoms. The Hall–Kier alpha value is -1.50. The van der Waals surface area contributed by atoms with E-state index < -0.39 is 11.8 Å². The van der Waals surface area contributed by atoms with E-state index in [-0.39, 0.29) is 17.8 Å². The van der Waals surface area contributed by atoms with Gasteiger partial charge in [0.05, 0.1) is 24.9 Å². The van der Waals surface area contributed by atoms with Gasteiger partial charge < -0.3 is 14.2 Å². The van der Waals surface area contributed by atoms with Gasteiger partial charge in [-0.25, -0.2) is 9.18 Å². The van der Waals surface area contributed by atoms with Crippen LogP contribution in [0, 0.1) is 5.82 Å². The molecule has 2 atom stereocenters. The van der Waals surface area contributed by atoms with Crippen LogP contribution in [0.5, 0.6) is 0 Å². The summed E-state index contributed by atoms with van der Waals surface area (Å²) in [6.07, 6.45) is 0.0448. The van der Waals surface area contributed by atoms with Crippen LogP contribution in [0.4, 0.5) is 4.39 Å². The number of likely N-dealkylation sites (tertiary alicyclic amines) is 1. The number of rotatable bonds is 5. The van der Waals surface area contributed by atoms with Gasteiger partial charge in [-0.3, -0.25) is 4.90 Å². The van der Waals surface area contributed by atoms with Crippen molar-refractivity contribution in [3.05, 3.63) is 35.1 Å². The Bertz CT molecular complexity index is 496. The third-order valence-corrected chi connectivity index (χ3v) is 3.74. The molecule has 2 unspecified atom stereocenters. The van der Waals surface area contributed by atoms with Crippen molar-refractivity contribution in [2.75, 3.05) is 34.4 Å². The first-order chi connectivity index (χ1) is 10.1. The lowest BCUT2D eigenvalue weighted by atomic mass is 10.1. The molecule has 1 aliphatic heterocycles. The molecular weight excluding hydrogens is 277 g/mol. The second-order valence-electron chi connectivity index (χ2n) is 5.05. The second-order valence-corrected chi connectivity index (χ2v) is 5.05. The minimum Gasteiger partial charge on any atom is -0.465 e. The van der Waals surface area contributed by atoms with Gasteiger partial charge >= 0.3 is 5.97 Å². The number of nitrogens with zero attached hydrogens (tertiary/aromatic N) is 1. The average Bonchev–Trinajstić information content (AvgIpc) is 2.88. The second kappa shape index (κ2) is 6.98. The molecule has 6 heteroatoms. The Morgan fingerprint density at radius 3 is 2.33 bits per heavy atom. The number of halogens is 1. The van der Waals surface area contributed by atoms with E-state index in [4.69, 9.17) is 9.47 Å². The van der Waals surface area contributed by atoms with Crippen molar-refractivity contribution in [1.29, 1.82) is 0 Å². The van der Waals surface area contributed by atoms with Gasteiger partial charge in [0.1, 0.15) is 5.82 Å². The number of ether oxygens (including phenoxy) is 3. The monoisotopic (exact) mass is 297 g/mol. The van der Waals surface area contributed by atoms with Crippen molar-refractivity contribution < 1.29 is 23.4 Å². The lowest BCUT2D eigenvalue weighted by molar-refractivity contribution is -0.00461. The number of methoxy groups -OCH3 is 3. The number of carbonyl (C=O) groups is 1. The minimum atomic E-state index is -0.667. The Morgan fingerprint density at radius 1 is 1.24 bits per heavy atom. The molecule has 0 aromatic heterocycles. The number of esters is 1. The fraction of sp³-hybridized carbons (Fsp3) is 0.533. The van der Waals surface area contributed by atoms with Crippen LogP contribution in [0.3, 0.4) is 0 Å². The van der Waals surface area contributed by atoms with Crippen LogP contribution in [0.25, 0.3) is 0 Å². The zero-order valence-electron chi connectivity index (χ0n) is 12.5. The number of benzene rings is 1. The third kappa shape index (κ3) is 3.58. The highest BCUT2D eigenvalue weighted by Crippen LogP contribution is 2.19. The predicted octanol–water partition coefficient (Wildman–Crippen LogP) is 1.46. The Balaban J connectivity index is 2.04. The van der Waals surface area contributed by atoms with Crippen LogP contribution in [-0.2, 0) is 20.8 Å². The van der Waals surface area contributed by atoms with E-state index in [1.165, 1.54) is 19.2 Å². The quantitative estimate of drug-likeness (QED) is 0.770. The first-order valence-electron chi connectivity index (χ1n) is 6.73. The van der Waals surface area contributed by atoms with Crippen LogP contribution < -0.4 is 0 Å². The van der Waals surface area contributed by atoms with Crippen molar-refractivity contribution >= 4 is 5.97 Å². The molecule has 0 N–H and O–H groups in total. The summed E-state index contributed by atoms with van der Waals surface area (Å²) in [5, 5.41) is 0. The summed E-state index contributed by atoms with van der Waals surface area (Å²) in [4.78, 5) is 13.5. The van der Waals surface area contributed by atoms with Gasteiger partial charge in [0.2, 0.25) is 0 Å². The largest absolute Gasteiger partial charge is 0.465 e. The summed E-state index contributed by atoms with van der Waals surface area (Å²) in [6.45, 7) is 2.04. The number of carbonyl (C=O) groups excluding carboxylic acids is 1. The molecular formula is C15H20FNO4. The highest BCUT2D eigenvalue weighted by molar-refractivity contribution is 5.89. The molecule has 0 spiro atoms. The molecule has 1 aliphatic rings. The van der Waals surface area contributed by atoms with Gasteiger partial charge in [-0.05, 0) is 17.7 Å². The molecule has 1 aromatic carbocycles. The Kier molecular flexibility index (Phi) is 5.27. The molecule has 116 valence electrons. The van der Waals surface area contributed by atoms with Crippen molar-refractivity contribution in [3.63, 3.8) is 0 Å². The zero-order chi connectivity index (χ0) is 15.4. The fourth-order valence-corrected chi connectivity index (χ4v) is 2.59. The van der Waals surface area contributed by atoms with E-state index in [2.05, 4.69) is 9.64 Å². The molecule has 0 radical (unpaired) electrons. The SMILES string of the molecule is COC(=O)c1ccc(CN2CC(OC)C(OC)C2)cc1F. The van der Waals surface area contributed by atoms with Crippen molar-refractivity contribution in [3.8, 4) is 0 Å². The maximum atomic E-state index is 13.9. The summed E-state index contributed by atoms with van der Waals surface area (Å²) in [6, 6.07) is 4.56. The lowest BCUT2D eigenvalue weighted by Gasteiger charge is -2.15.